The lowest BCUT2D eigenvalue weighted by molar-refractivity contribution is -0.113. The number of esters is 1. The molecule has 1 aromatic carbocycles. The van der Waals surface area contributed by atoms with Crippen LogP contribution in [0.3, 0.4) is 0 Å². The van der Waals surface area contributed by atoms with Crippen LogP contribution in [0.15, 0.2) is 35.2 Å². The maximum absolute atomic E-state index is 12.4. The number of fused-ring (bicyclic) bond motifs is 1. The number of thioether (sulfide) groups is 1. The molecule has 1 amide bonds. The minimum Gasteiger partial charge on any atom is -0.465 e. The Morgan fingerprint density at radius 3 is 2.77 bits per heavy atom. The van der Waals surface area contributed by atoms with E-state index in [-0.39, 0.29) is 11.9 Å². The number of hydrogen-bond acceptors (Lipinski definition) is 6. The highest BCUT2D eigenvalue weighted by Gasteiger charge is 2.28. The molecule has 0 atom stereocenters. The summed E-state index contributed by atoms with van der Waals surface area (Å²) in [5.74, 6) is -0.192. The van der Waals surface area contributed by atoms with Gasteiger partial charge in [0.25, 0.3) is 0 Å². The number of hydrogen-bond donors (Lipinski definition) is 1. The molecule has 0 aliphatic carbocycles. The van der Waals surface area contributed by atoms with Gasteiger partial charge in [0, 0.05) is 22.9 Å². The standard InChI is InChI=1S/C19H22N2O3S2/c1-3-21-10-9-14-15(11-21)26-18(17(14)19(23)24-2)20-16(22)12-25-13-7-5-4-6-8-13/h4-8H,3,9-12H2,1-2H3,(H,20,22). The summed E-state index contributed by atoms with van der Waals surface area (Å²) in [6, 6.07) is 9.79. The fraction of sp³-hybridized carbons (Fsp3) is 0.368. The van der Waals surface area contributed by atoms with Gasteiger partial charge in [0.2, 0.25) is 5.91 Å². The van der Waals surface area contributed by atoms with E-state index in [4.69, 9.17) is 4.74 Å². The zero-order valence-electron chi connectivity index (χ0n) is 14.9. The number of ether oxygens (including phenoxy) is 1. The highest BCUT2D eigenvalue weighted by molar-refractivity contribution is 8.00. The van der Waals surface area contributed by atoms with E-state index in [2.05, 4.69) is 17.1 Å². The summed E-state index contributed by atoms with van der Waals surface area (Å²) >= 11 is 2.97. The molecule has 0 fully saturated rings. The normalized spacial score (nSPS) is 13.9. The predicted octanol–water partition coefficient (Wildman–Crippen LogP) is 3.64. The molecule has 0 saturated carbocycles. The number of carbonyl (C=O) groups excluding carboxylic acids is 2. The second-order valence-electron chi connectivity index (χ2n) is 5.97. The van der Waals surface area contributed by atoms with Gasteiger partial charge in [0.05, 0.1) is 18.4 Å². The monoisotopic (exact) mass is 390 g/mol. The number of nitrogens with one attached hydrogen (secondary N) is 1. The van der Waals surface area contributed by atoms with Crippen molar-refractivity contribution >= 4 is 40.0 Å². The molecule has 2 heterocycles. The topological polar surface area (TPSA) is 58.6 Å². The van der Waals surface area contributed by atoms with E-state index in [9.17, 15) is 9.59 Å². The molecule has 0 spiro atoms. The SMILES string of the molecule is CCN1CCc2c(sc(NC(=O)CSc3ccccc3)c2C(=O)OC)C1. The number of rotatable bonds is 6. The number of amides is 1. The summed E-state index contributed by atoms with van der Waals surface area (Å²) in [4.78, 5) is 29.2. The second-order valence-corrected chi connectivity index (χ2v) is 8.12. The number of thiophene rings is 1. The number of anilines is 1. The van der Waals surface area contributed by atoms with Crippen LogP contribution in [0.1, 0.15) is 27.7 Å². The first-order valence-corrected chi connectivity index (χ1v) is 10.4. The van der Waals surface area contributed by atoms with Gasteiger partial charge >= 0.3 is 5.97 Å². The number of methoxy groups -OCH3 is 1. The smallest absolute Gasteiger partial charge is 0.341 e. The van der Waals surface area contributed by atoms with E-state index >= 15 is 0 Å². The van der Waals surface area contributed by atoms with Crippen molar-refractivity contribution < 1.29 is 14.3 Å². The minimum absolute atomic E-state index is 0.116. The van der Waals surface area contributed by atoms with E-state index in [0.717, 1.165) is 41.4 Å². The molecular formula is C19H22N2O3S2. The van der Waals surface area contributed by atoms with E-state index in [1.54, 1.807) is 0 Å². The lowest BCUT2D eigenvalue weighted by Gasteiger charge is -2.25. The number of carbonyl (C=O) groups is 2. The molecule has 1 aromatic heterocycles. The van der Waals surface area contributed by atoms with Gasteiger partial charge in [-0.1, -0.05) is 25.1 Å². The Morgan fingerprint density at radius 1 is 1.31 bits per heavy atom. The van der Waals surface area contributed by atoms with Crippen LogP contribution in [-0.2, 0) is 22.5 Å². The van der Waals surface area contributed by atoms with Crippen LogP contribution < -0.4 is 5.32 Å². The van der Waals surface area contributed by atoms with Gasteiger partial charge in [-0.15, -0.1) is 23.1 Å². The summed E-state index contributed by atoms with van der Waals surface area (Å²) in [6.45, 7) is 4.83. The van der Waals surface area contributed by atoms with Crippen molar-refractivity contribution in [1.82, 2.24) is 4.90 Å². The first-order chi connectivity index (χ1) is 12.6. The van der Waals surface area contributed by atoms with Crippen molar-refractivity contribution in [3.63, 3.8) is 0 Å². The molecule has 5 nitrogen and oxygen atoms in total. The second kappa shape index (κ2) is 8.70. The number of likely N-dealkylation sites (N-methyl/N-ethyl adjacent to an activating group) is 1. The van der Waals surface area contributed by atoms with Gasteiger partial charge < -0.3 is 10.1 Å². The predicted molar refractivity (Wildman–Crippen MR) is 106 cm³/mol. The Balaban J connectivity index is 1.75. The fourth-order valence-corrected chi connectivity index (χ4v) is 4.97. The van der Waals surface area contributed by atoms with Crippen molar-refractivity contribution in [2.24, 2.45) is 0 Å². The van der Waals surface area contributed by atoms with Crippen LogP contribution in [0.25, 0.3) is 0 Å². The molecule has 1 aliphatic heterocycles. The molecule has 0 bridgehead atoms. The quantitative estimate of drug-likeness (QED) is 0.603. The van der Waals surface area contributed by atoms with E-state index in [1.165, 1.54) is 30.2 Å². The van der Waals surface area contributed by atoms with Gasteiger partial charge in [-0.3, -0.25) is 9.69 Å². The van der Waals surface area contributed by atoms with Crippen molar-refractivity contribution in [2.75, 3.05) is 31.3 Å². The van der Waals surface area contributed by atoms with Crippen LogP contribution in [0, 0.1) is 0 Å². The van der Waals surface area contributed by atoms with Gasteiger partial charge in [-0.2, -0.15) is 0 Å². The molecule has 7 heteroatoms. The van der Waals surface area contributed by atoms with E-state index in [1.807, 2.05) is 30.3 Å². The Bertz CT molecular complexity index is 790. The van der Waals surface area contributed by atoms with Crippen molar-refractivity contribution in [1.29, 1.82) is 0 Å². The Labute approximate surface area is 161 Å². The molecular weight excluding hydrogens is 368 g/mol. The van der Waals surface area contributed by atoms with Gasteiger partial charge in [-0.05, 0) is 30.7 Å². The van der Waals surface area contributed by atoms with Gasteiger partial charge in [0.15, 0.2) is 0 Å². The maximum Gasteiger partial charge on any atom is 0.341 e. The third-order valence-corrected chi connectivity index (χ3v) is 6.48. The van der Waals surface area contributed by atoms with Crippen molar-refractivity contribution in [3.8, 4) is 0 Å². The van der Waals surface area contributed by atoms with E-state index < -0.39 is 0 Å². The zero-order valence-corrected chi connectivity index (χ0v) is 16.5. The van der Waals surface area contributed by atoms with Crippen LogP contribution in [0.4, 0.5) is 5.00 Å². The Hall–Kier alpha value is -1.83. The number of benzene rings is 1. The highest BCUT2D eigenvalue weighted by atomic mass is 32.2. The molecule has 0 unspecified atom stereocenters. The van der Waals surface area contributed by atoms with Crippen LogP contribution in [-0.4, -0.2) is 42.7 Å². The summed E-state index contributed by atoms with van der Waals surface area (Å²) < 4.78 is 4.96. The fourth-order valence-electron chi connectivity index (χ4n) is 2.96. The van der Waals surface area contributed by atoms with Crippen molar-refractivity contribution in [2.45, 2.75) is 24.8 Å². The Kier molecular flexibility index (Phi) is 6.34. The zero-order chi connectivity index (χ0) is 18.5. The van der Waals surface area contributed by atoms with Crippen LogP contribution >= 0.6 is 23.1 Å². The van der Waals surface area contributed by atoms with Gasteiger partial charge in [0.1, 0.15) is 5.00 Å². The van der Waals surface area contributed by atoms with Crippen LogP contribution in [0.5, 0.6) is 0 Å². The summed E-state index contributed by atoms with van der Waals surface area (Å²) in [5, 5.41) is 3.54. The summed E-state index contributed by atoms with van der Waals surface area (Å²) in [5.41, 5.74) is 1.55. The first kappa shape index (κ1) is 18.9. The van der Waals surface area contributed by atoms with E-state index in [0.29, 0.717) is 16.3 Å². The van der Waals surface area contributed by atoms with Crippen molar-refractivity contribution in [3.05, 3.63) is 46.3 Å². The molecule has 0 radical (unpaired) electrons. The third kappa shape index (κ3) is 4.28. The average Bonchev–Trinajstić information content (AvgIpc) is 3.03. The largest absolute Gasteiger partial charge is 0.465 e. The van der Waals surface area contributed by atoms with Crippen LogP contribution in [0.2, 0.25) is 0 Å². The summed E-state index contributed by atoms with van der Waals surface area (Å²) in [6.07, 6.45) is 0.804. The van der Waals surface area contributed by atoms with Gasteiger partial charge in [-0.25, -0.2) is 4.79 Å². The lowest BCUT2D eigenvalue weighted by Crippen LogP contribution is -2.30. The third-order valence-electron chi connectivity index (χ3n) is 4.34. The first-order valence-electron chi connectivity index (χ1n) is 8.55. The minimum atomic E-state index is -0.376. The molecule has 1 N–H and O–H groups in total. The molecule has 0 saturated heterocycles. The molecule has 138 valence electrons. The molecule has 3 rings (SSSR count). The maximum atomic E-state index is 12.4. The Morgan fingerprint density at radius 2 is 2.08 bits per heavy atom. The molecule has 2 aromatic rings. The summed E-state index contributed by atoms with van der Waals surface area (Å²) in [7, 11) is 1.38. The molecule has 1 aliphatic rings. The lowest BCUT2D eigenvalue weighted by atomic mass is 10.0. The molecule has 26 heavy (non-hydrogen) atoms. The average molecular weight is 391 g/mol. The highest BCUT2D eigenvalue weighted by Crippen LogP contribution is 2.37. The number of nitrogens with zero attached hydrogens (tertiary/aromatic N) is 1.